The quantitative estimate of drug-likeness (QED) is 0.407. The molecule has 9 nitrogen and oxygen atoms in total. The fourth-order valence-corrected chi connectivity index (χ4v) is 5.42. The lowest BCUT2D eigenvalue weighted by atomic mass is 9.61. The fourth-order valence-electron chi connectivity index (χ4n) is 4.58. The maximum absolute atomic E-state index is 13.2. The van der Waals surface area contributed by atoms with Gasteiger partial charge in [-0.25, -0.2) is 4.83 Å². The van der Waals surface area contributed by atoms with Crippen molar-refractivity contribution >= 4 is 27.7 Å². The molecule has 36 heavy (non-hydrogen) atoms. The van der Waals surface area contributed by atoms with Crippen LogP contribution >= 0.6 is 0 Å². The van der Waals surface area contributed by atoms with Gasteiger partial charge in [-0.3, -0.25) is 9.59 Å². The summed E-state index contributed by atoms with van der Waals surface area (Å²) in [6.45, 7) is 6.75. The predicted octanol–water partition coefficient (Wildman–Crippen LogP) is 2.93. The zero-order chi connectivity index (χ0) is 26.5. The van der Waals surface area contributed by atoms with Crippen molar-refractivity contribution in [3.05, 3.63) is 65.7 Å². The Balaban J connectivity index is 2.13. The van der Waals surface area contributed by atoms with Crippen LogP contribution in [0.3, 0.4) is 0 Å². The van der Waals surface area contributed by atoms with Gasteiger partial charge in [-0.2, -0.15) is 13.5 Å². The molecule has 0 radical (unpaired) electrons. The minimum atomic E-state index is -4.06. The van der Waals surface area contributed by atoms with Gasteiger partial charge in [0.1, 0.15) is 5.92 Å². The zero-order valence-electron chi connectivity index (χ0n) is 20.8. The Morgan fingerprint density at radius 3 is 2.19 bits per heavy atom. The molecule has 0 bridgehead atoms. The number of hydrazone groups is 1. The number of ether oxygens (including phenoxy) is 2. The van der Waals surface area contributed by atoms with Crippen LogP contribution in [0, 0.1) is 18.8 Å². The highest BCUT2D eigenvalue weighted by molar-refractivity contribution is 7.89. The average Bonchev–Trinajstić information content (AvgIpc) is 2.82. The molecule has 194 valence electrons. The van der Waals surface area contributed by atoms with Gasteiger partial charge in [0.15, 0.2) is 0 Å². The smallest absolute Gasteiger partial charge is 0.315 e. The Morgan fingerprint density at radius 2 is 1.61 bits per heavy atom. The molecule has 2 N–H and O–H groups in total. The highest BCUT2D eigenvalue weighted by atomic mass is 32.2. The van der Waals surface area contributed by atoms with Gasteiger partial charge in [-0.15, -0.1) is 0 Å². The summed E-state index contributed by atoms with van der Waals surface area (Å²) in [5.74, 6) is -4.50. The largest absolute Gasteiger partial charge is 0.466 e. The van der Waals surface area contributed by atoms with Crippen molar-refractivity contribution in [2.75, 3.05) is 13.2 Å². The zero-order valence-corrected chi connectivity index (χ0v) is 21.6. The second kappa shape index (κ2) is 11.2. The van der Waals surface area contributed by atoms with Gasteiger partial charge >= 0.3 is 11.9 Å². The highest BCUT2D eigenvalue weighted by Crippen LogP contribution is 2.47. The van der Waals surface area contributed by atoms with Crippen molar-refractivity contribution in [3.63, 3.8) is 0 Å². The number of esters is 2. The molecule has 10 heteroatoms. The third-order valence-corrected chi connectivity index (χ3v) is 7.42. The molecular formula is C26H32N2O7S. The lowest BCUT2D eigenvalue weighted by Crippen LogP contribution is -2.55. The van der Waals surface area contributed by atoms with Crippen LogP contribution in [0.25, 0.3) is 0 Å². The summed E-state index contributed by atoms with van der Waals surface area (Å²) in [5, 5.41) is 15.5. The number of hydrogen-bond donors (Lipinski definition) is 2. The van der Waals surface area contributed by atoms with E-state index < -0.39 is 45.3 Å². The summed E-state index contributed by atoms with van der Waals surface area (Å²) < 4.78 is 36.4. The summed E-state index contributed by atoms with van der Waals surface area (Å²) in [4.78, 5) is 28.5. The molecule has 0 amide bonds. The molecule has 0 aromatic heterocycles. The van der Waals surface area contributed by atoms with Gasteiger partial charge in [0.05, 0.1) is 35.3 Å². The first kappa shape index (κ1) is 27.3. The van der Waals surface area contributed by atoms with Crippen molar-refractivity contribution < 1.29 is 32.6 Å². The number of benzene rings is 2. The first-order chi connectivity index (χ1) is 17.0. The summed E-state index contributed by atoms with van der Waals surface area (Å²) in [5.41, 5.74) is -0.156. The monoisotopic (exact) mass is 516 g/mol. The fraction of sp³-hybridized carbons (Fsp3) is 0.423. The van der Waals surface area contributed by atoms with E-state index in [-0.39, 0.29) is 30.2 Å². The van der Waals surface area contributed by atoms with Gasteiger partial charge in [0.25, 0.3) is 10.0 Å². The number of aliphatic hydroxyl groups is 1. The van der Waals surface area contributed by atoms with Crippen LogP contribution in [0.4, 0.5) is 0 Å². The Hall–Kier alpha value is -3.24. The van der Waals surface area contributed by atoms with Gasteiger partial charge in [-0.1, -0.05) is 48.0 Å². The summed E-state index contributed by atoms with van der Waals surface area (Å²) >= 11 is 0. The molecular weight excluding hydrogens is 484 g/mol. The number of rotatable bonds is 8. The molecule has 2 aromatic carbocycles. The minimum absolute atomic E-state index is 0.00304. The maximum atomic E-state index is 13.2. The van der Waals surface area contributed by atoms with E-state index in [9.17, 15) is 23.1 Å². The Kier molecular flexibility index (Phi) is 8.52. The second-order valence-corrected chi connectivity index (χ2v) is 10.6. The Labute approximate surface area is 211 Å². The van der Waals surface area contributed by atoms with Crippen molar-refractivity contribution in [1.29, 1.82) is 0 Å². The molecule has 4 atom stereocenters. The van der Waals surface area contributed by atoms with Crippen LogP contribution < -0.4 is 4.83 Å². The third-order valence-electron chi connectivity index (χ3n) is 6.19. The van der Waals surface area contributed by atoms with Crippen LogP contribution in [0.15, 0.2) is 64.6 Å². The lowest BCUT2D eigenvalue weighted by molar-refractivity contribution is -0.163. The van der Waals surface area contributed by atoms with Crippen LogP contribution in [0.1, 0.15) is 44.2 Å². The molecule has 1 aliphatic carbocycles. The molecule has 0 spiro atoms. The molecule has 1 saturated carbocycles. The Bertz CT molecular complexity index is 1210. The van der Waals surface area contributed by atoms with Crippen molar-refractivity contribution in [2.24, 2.45) is 16.9 Å². The summed E-state index contributed by atoms with van der Waals surface area (Å²) in [7, 11) is -4.06. The van der Waals surface area contributed by atoms with Gasteiger partial charge < -0.3 is 14.6 Å². The minimum Gasteiger partial charge on any atom is -0.466 e. The van der Waals surface area contributed by atoms with E-state index in [0.717, 1.165) is 5.56 Å². The van der Waals surface area contributed by atoms with Crippen LogP contribution in [0.5, 0.6) is 0 Å². The number of nitrogens with one attached hydrogen (secondary N) is 1. The maximum Gasteiger partial charge on any atom is 0.315 e. The van der Waals surface area contributed by atoms with Crippen LogP contribution in [0.2, 0.25) is 0 Å². The lowest BCUT2D eigenvalue weighted by Gasteiger charge is -2.45. The normalized spacial score (nSPS) is 25.2. The van der Waals surface area contributed by atoms with Crippen LogP contribution in [-0.4, -0.2) is 50.0 Å². The molecule has 0 aliphatic heterocycles. The van der Waals surface area contributed by atoms with Crippen molar-refractivity contribution in [1.82, 2.24) is 4.83 Å². The van der Waals surface area contributed by atoms with E-state index >= 15 is 0 Å². The van der Waals surface area contributed by atoms with Crippen molar-refractivity contribution in [3.8, 4) is 0 Å². The number of carbonyl (C=O) groups is 2. The second-order valence-electron chi connectivity index (χ2n) is 8.94. The van der Waals surface area contributed by atoms with Gasteiger partial charge in [0.2, 0.25) is 0 Å². The number of nitrogens with zero attached hydrogens (tertiary/aromatic N) is 1. The third kappa shape index (κ3) is 5.93. The van der Waals surface area contributed by atoms with Gasteiger partial charge in [-0.05, 0) is 45.4 Å². The molecule has 0 saturated heterocycles. The van der Waals surface area contributed by atoms with E-state index in [4.69, 9.17) is 9.47 Å². The average molecular weight is 517 g/mol. The van der Waals surface area contributed by atoms with E-state index in [0.29, 0.717) is 5.56 Å². The highest BCUT2D eigenvalue weighted by Gasteiger charge is 2.56. The molecule has 0 unspecified atom stereocenters. The summed E-state index contributed by atoms with van der Waals surface area (Å²) in [6, 6.07) is 15.0. The standard InChI is InChI=1S/C26H32N2O7S/c1-5-34-24(29)22-20(27-28-36(32,33)19-14-12-17(3)13-15-19)16-26(4,31)23(25(30)35-6-2)21(22)18-10-8-7-9-11-18/h7-15,21-23,28,31H,5-6,16H2,1-4H3/b27-20-/t21-,22+,23-,26-/m0/s1. The van der Waals surface area contributed by atoms with E-state index in [1.165, 1.54) is 19.1 Å². The van der Waals surface area contributed by atoms with E-state index in [1.54, 1.807) is 56.3 Å². The predicted molar refractivity (Wildman–Crippen MR) is 134 cm³/mol. The van der Waals surface area contributed by atoms with E-state index in [1.807, 2.05) is 6.92 Å². The number of hydrogen-bond acceptors (Lipinski definition) is 8. The first-order valence-electron chi connectivity index (χ1n) is 11.8. The number of carbonyl (C=O) groups excluding carboxylic acids is 2. The molecule has 1 aliphatic rings. The topological polar surface area (TPSA) is 131 Å². The molecule has 2 aromatic rings. The molecule has 1 fully saturated rings. The first-order valence-corrected chi connectivity index (χ1v) is 13.3. The summed E-state index contributed by atoms with van der Waals surface area (Å²) in [6.07, 6.45) is -0.250. The number of sulfonamides is 1. The number of aryl methyl sites for hydroxylation is 1. The van der Waals surface area contributed by atoms with E-state index in [2.05, 4.69) is 9.93 Å². The molecule has 0 heterocycles. The SMILES string of the molecule is CCOC(=O)[C@@H]1/C(=N\NS(=O)(=O)c2ccc(C)cc2)C[C@](C)(O)[C@H](C(=O)OCC)[C@H]1c1ccccc1. The Morgan fingerprint density at radius 1 is 1.03 bits per heavy atom. The molecule has 3 rings (SSSR count). The van der Waals surface area contributed by atoms with Gasteiger partial charge in [0, 0.05) is 12.3 Å². The van der Waals surface area contributed by atoms with Crippen LogP contribution in [-0.2, 0) is 29.1 Å². The van der Waals surface area contributed by atoms with Crippen molar-refractivity contribution in [2.45, 2.75) is 50.5 Å².